The Morgan fingerprint density at radius 1 is 1.21 bits per heavy atom. The van der Waals surface area contributed by atoms with Gasteiger partial charge in [0.05, 0.1) is 18.8 Å². The second-order valence-electron chi connectivity index (χ2n) is 9.14. The van der Waals surface area contributed by atoms with E-state index in [0.717, 1.165) is 25.0 Å². The van der Waals surface area contributed by atoms with Crippen molar-refractivity contribution in [3.63, 3.8) is 0 Å². The van der Waals surface area contributed by atoms with Crippen LogP contribution in [0.5, 0.6) is 5.88 Å². The van der Waals surface area contributed by atoms with Crippen molar-refractivity contribution in [3.8, 4) is 5.88 Å². The van der Waals surface area contributed by atoms with Crippen LogP contribution in [0.3, 0.4) is 0 Å². The molecule has 5 atom stereocenters. The summed E-state index contributed by atoms with van der Waals surface area (Å²) in [4.78, 5) is 9.27. The minimum Gasteiger partial charge on any atom is -0.469 e. The van der Waals surface area contributed by atoms with Gasteiger partial charge in [-0.15, -0.1) is 0 Å². The molecule has 2 aromatic heterocycles. The number of hydrogen-bond acceptors (Lipinski definition) is 8. The van der Waals surface area contributed by atoms with Crippen LogP contribution in [-0.2, 0) is 4.74 Å². The summed E-state index contributed by atoms with van der Waals surface area (Å²) in [5.74, 6) is 3.80. The number of nitrogens with zero attached hydrogens (tertiary/aromatic N) is 3. The monoisotopic (exact) mass is 398 g/mol. The zero-order valence-electron chi connectivity index (χ0n) is 16.4. The fourth-order valence-electron chi connectivity index (χ4n) is 5.82. The maximum atomic E-state index is 11.0. The summed E-state index contributed by atoms with van der Waals surface area (Å²) >= 11 is 0. The summed E-state index contributed by atoms with van der Waals surface area (Å²) in [6.07, 6.45) is 4.14. The van der Waals surface area contributed by atoms with E-state index >= 15 is 0 Å². The molecule has 0 aromatic carbocycles. The smallest absolute Gasteiger partial charge is 0.228 e. The van der Waals surface area contributed by atoms with Crippen LogP contribution in [-0.4, -0.2) is 56.2 Å². The third-order valence-electron chi connectivity index (χ3n) is 6.97. The van der Waals surface area contributed by atoms with E-state index in [4.69, 9.17) is 9.47 Å². The molecule has 9 heteroatoms. The molecule has 0 spiro atoms. The molecule has 9 nitrogen and oxygen atoms in total. The number of aryl methyl sites for hydroxylation is 1. The second kappa shape index (κ2) is 6.30. The maximum absolute atomic E-state index is 11.0. The van der Waals surface area contributed by atoms with Gasteiger partial charge in [0.1, 0.15) is 11.9 Å². The Kier molecular flexibility index (Phi) is 3.80. The lowest BCUT2D eigenvalue weighted by molar-refractivity contribution is -0.0813. The van der Waals surface area contributed by atoms with E-state index in [9.17, 15) is 5.11 Å². The van der Waals surface area contributed by atoms with Gasteiger partial charge >= 0.3 is 0 Å². The van der Waals surface area contributed by atoms with Crippen molar-refractivity contribution in [1.82, 2.24) is 20.2 Å². The van der Waals surface area contributed by atoms with Crippen LogP contribution >= 0.6 is 0 Å². The SMILES string of the molecule is Cc1cc(Nc2cc(OC3COC3)nc(NC3C4CC5CC3C(O)(C5)C4)n2)n[nH]1. The highest BCUT2D eigenvalue weighted by molar-refractivity contribution is 5.55. The Labute approximate surface area is 168 Å². The molecule has 1 saturated heterocycles. The third kappa shape index (κ3) is 3.03. The largest absolute Gasteiger partial charge is 0.469 e. The maximum Gasteiger partial charge on any atom is 0.228 e. The number of aromatic amines is 1. The number of nitrogens with one attached hydrogen (secondary N) is 3. The van der Waals surface area contributed by atoms with Gasteiger partial charge in [-0.2, -0.15) is 15.1 Å². The average Bonchev–Trinajstić information content (AvgIpc) is 3.20. The van der Waals surface area contributed by atoms with E-state index in [2.05, 4.69) is 30.8 Å². The van der Waals surface area contributed by atoms with Crippen LogP contribution in [0, 0.1) is 24.7 Å². The zero-order valence-corrected chi connectivity index (χ0v) is 16.4. The highest BCUT2D eigenvalue weighted by Crippen LogP contribution is 2.60. The summed E-state index contributed by atoms with van der Waals surface area (Å²) in [5.41, 5.74) is 0.463. The van der Waals surface area contributed by atoms with Gasteiger partial charge in [-0.05, 0) is 44.4 Å². The van der Waals surface area contributed by atoms with Crippen molar-refractivity contribution in [2.75, 3.05) is 23.8 Å². The molecule has 5 aliphatic rings. The fourth-order valence-corrected chi connectivity index (χ4v) is 5.82. The average molecular weight is 398 g/mol. The molecular formula is C20H26N6O3. The first-order chi connectivity index (χ1) is 14.0. The predicted molar refractivity (Wildman–Crippen MR) is 105 cm³/mol. The summed E-state index contributed by atoms with van der Waals surface area (Å²) in [6, 6.07) is 3.91. The summed E-state index contributed by atoms with van der Waals surface area (Å²) in [5, 5.41) is 24.9. The van der Waals surface area contributed by atoms with Gasteiger partial charge in [-0.1, -0.05) is 0 Å². The molecule has 4 saturated carbocycles. The summed E-state index contributed by atoms with van der Waals surface area (Å²) in [7, 11) is 0. The molecule has 2 aromatic rings. The molecule has 5 fully saturated rings. The van der Waals surface area contributed by atoms with E-state index in [0.29, 0.717) is 48.5 Å². The quantitative estimate of drug-likeness (QED) is 0.584. The van der Waals surface area contributed by atoms with Crippen molar-refractivity contribution >= 4 is 17.6 Å². The molecular weight excluding hydrogens is 372 g/mol. The zero-order chi connectivity index (χ0) is 19.6. The van der Waals surface area contributed by atoms with Gasteiger partial charge in [0.25, 0.3) is 0 Å². The first kappa shape index (κ1) is 17.5. The van der Waals surface area contributed by atoms with E-state index < -0.39 is 5.60 Å². The Balaban J connectivity index is 1.27. The van der Waals surface area contributed by atoms with Gasteiger partial charge < -0.3 is 25.2 Å². The number of aliphatic hydroxyl groups is 1. The summed E-state index contributed by atoms with van der Waals surface area (Å²) in [6.45, 7) is 3.11. The molecule has 5 unspecified atom stereocenters. The van der Waals surface area contributed by atoms with Gasteiger partial charge in [0.15, 0.2) is 5.82 Å². The van der Waals surface area contributed by atoms with E-state index in [-0.39, 0.29) is 18.1 Å². The predicted octanol–water partition coefficient (Wildman–Crippen LogP) is 1.99. The molecule has 0 radical (unpaired) electrons. The van der Waals surface area contributed by atoms with Gasteiger partial charge in [-0.3, -0.25) is 5.10 Å². The van der Waals surface area contributed by atoms with Crippen LogP contribution in [0.4, 0.5) is 17.6 Å². The van der Waals surface area contributed by atoms with Crippen molar-refractivity contribution in [3.05, 3.63) is 17.8 Å². The standard InChI is InChI=1S/C20H26N6O3/c1-10-2-16(26-25-10)21-15-5-17(29-13-8-28-9-13)23-19(22-15)24-18-12-3-11-4-14(18)20(27,6-11)7-12/h2,5,11-14,18,27H,3-4,6-9H2,1H3,(H3,21,22,23,24,25,26). The highest BCUT2D eigenvalue weighted by Gasteiger charge is 2.62. The lowest BCUT2D eigenvalue weighted by atomic mass is 9.79. The molecule has 7 rings (SSSR count). The third-order valence-corrected chi connectivity index (χ3v) is 6.97. The highest BCUT2D eigenvalue weighted by atomic mass is 16.6. The van der Waals surface area contributed by atoms with E-state index in [1.54, 1.807) is 6.07 Å². The minimum absolute atomic E-state index is 0.0250. The number of H-pyrrole nitrogens is 1. The van der Waals surface area contributed by atoms with Gasteiger partial charge in [0.2, 0.25) is 11.8 Å². The van der Waals surface area contributed by atoms with E-state index in [1.165, 1.54) is 6.42 Å². The van der Waals surface area contributed by atoms with Crippen LogP contribution < -0.4 is 15.4 Å². The molecule has 29 heavy (non-hydrogen) atoms. The number of anilines is 3. The van der Waals surface area contributed by atoms with Crippen LogP contribution in [0.1, 0.15) is 31.4 Å². The van der Waals surface area contributed by atoms with Crippen LogP contribution in [0.25, 0.3) is 0 Å². The molecule has 1 aliphatic heterocycles. The molecule has 4 N–H and O–H groups in total. The Hall–Kier alpha value is -2.39. The fraction of sp³-hybridized carbons (Fsp3) is 0.650. The molecule has 154 valence electrons. The normalized spacial score (nSPS) is 35.0. The Morgan fingerprint density at radius 3 is 2.83 bits per heavy atom. The topological polar surface area (TPSA) is 117 Å². The number of ether oxygens (including phenoxy) is 2. The molecule has 4 aliphatic carbocycles. The lowest BCUT2D eigenvalue weighted by Gasteiger charge is -2.32. The Morgan fingerprint density at radius 2 is 2.10 bits per heavy atom. The van der Waals surface area contributed by atoms with Crippen molar-refractivity contribution in [1.29, 1.82) is 0 Å². The summed E-state index contributed by atoms with van der Waals surface area (Å²) < 4.78 is 11.2. The number of rotatable bonds is 6. The first-order valence-corrected chi connectivity index (χ1v) is 10.5. The minimum atomic E-state index is -0.504. The number of hydrogen-bond donors (Lipinski definition) is 4. The molecule has 0 amide bonds. The second-order valence-corrected chi connectivity index (χ2v) is 9.14. The molecule has 4 bridgehead atoms. The van der Waals surface area contributed by atoms with Crippen LogP contribution in [0.2, 0.25) is 0 Å². The van der Waals surface area contributed by atoms with Crippen LogP contribution in [0.15, 0.2) is 12.1 Å². The number of aromatic nitrogens is 4. The van der Waals surface area contributed by atoms with Gasteiger partial charge in [-0.25, -0.2) is 0 Å². The van der Waals surface area contributed by atoms with Gasteiger partial charge in [0, 0.05) is 29.8 Å². The van der Waals surface area contributed by atoms with Crippen molar-refractivity contribution < 1.29 is 14.6 Å². The molecule has 3 heterocycles. The lowest BCUT2D eigenvalue weighted by Crippen LogP contribution is -2.39. The van der Waals surface area contributed by atoms with E-state index in [1.807, 2.05) is 13.0 Å². The Bertz CT molecular complexity index is 931. The van der Waals surface area contributed by atoms with Crippen molar-refractivity contribution in [2.24, 2.45) is 17.8 Å². The first-order valence-electron chi connectivity index (χ1n) is 10.5. The van der Waals surface area contributed by atoms with Crippen molar-refractivity contribution in [2.45, 2.75) is 50.4 Å².